The minimum absolute atomic E-state index is 1.47. The Morgan fingerprint density at radius 1 is 1.33 bits per heavy atom. The zero-order chi connectivity index (χ0) is 4.83. The van der Waals surface area contributed by atoms with E-state index in [0.29, 0.717) is 0 Å². The van der Waals surface area contributed by atoms with Gasteiger partial charge in [-0.3, -0.25) is 0 Å². The lowest BCUT2D eigenvalue weighted by molar-refractivity contribution is 1.74. The minimum atomic E-state index is 1.47. The summed E-state index contributed by atoms with van der Waals surface area (Å²) in [6, 6.07) is 0. The third-order valence-corrected chi connectivity index (χ3v) is 0.522. The molecule has 0 spiro atoms. The van der Waals surface area contributed by atoms with Crippen LogP contribution in [0.2, 0.25) is 0 Å². The van der Waals surface area contributed by atoms with Crippen LogP contribution in [0.3, 0.4) is 0 Å². The Morgan fingerprint density at radius 3 is 2.17 bits per heavy atom. The molecule has 0 rings (SSSR count). The van der Waals surface area contributed by atoms with Gasteiger partial charge in [0.15, 0.2) is 0 Å². The first-order valence-electron chi connectivity index (χ1n) is 1.80. The van der Waals surface area contributed by atoms with Crippen LogP contribution in [0.4, 0.5) is 0 Å². The Labute approximate surface area is 43.1 Å². The average molecular weight is 103 g/mol. The highest BCUT2D eigenvalue weighted by molar-refractivity contribution is 6.25. The summed E-state index contributed by atoms with van der Waals surface area (Å²) >= 11 is 5.15. The van der Waals surface area contributed by atoms with E-state index in [1.807, 2.05) is 19.1 Å². The Morgan fingerprint density at radius 2 is 2.00 bits per heavy atom. The second kappa shape index (κ2) is 4.77. The number of hydrogen-bond acceptors (Lipinski definition) is 0. The predicted octanol–water partition coefficient (Wildman–Crippen LogP) is 2.32. The fraction of sp³-hybridized carbons (Fsp3) is 0.200. The van der Waals surface area contributed by atoms with Crippen LogP contribution in [0.5, 0.6) is 0 Å². The van der Waals surface area contributed by atoms with E-state index in [9.17, 15) is 0 Å². The fourth-order valence-electron chi connectivity index (χ4n) is 0.153. The van der Waals surface area contributed by atoms with Crippen LogP contribution < -0.4 is 0 Å². The molecule has 0 saturated carbocycles. The average Bonchev–Trinajstić information content (AvgIpc) is 1.61. The molecule has 0 aliphatic carbocycles. The van der Waals surface area contributed by atoms with Gasteiger partial charge in [0.2, 0.25) is 0 Å². The molecule has 1 heteroatoms. The Hall–Kier alpha value is -0.230. The van der Waals surface area contributed by atoms with Gasteiger partial charge in [-0.2, -0.15) is 0 Å². The molecule has 0 radical (unpaired) electrons. The van der Waals surface area contributed by atoms with Gasteiger partial charge in [0, 0.05) is 5.54 Å². The standard InChI is InChI=1S/C5H7Cl/c1-2-3-4-5-6/h2-5H,1H3/b3-2+,5-4+. The molecule has 34 valence electrons. The number of hydrogen-bond donors (Lipinski definition) is 0. The van der Waals surface area contributed by atoms with E-state index in [4.69, 9.17) is 11.6 Å². The van der Waals surface area contributed by atoms with Crippen LogP contribution in [-0.4, -0.2) is 0 Å². The van der Waals surface area contributed by atoms with Gasteiger partial charge in [-0.05, 0) is 6.92 Å². The van der Waals surface area contributed by atoms with Crippen LogP contribution in [0.25, 0.3) is 0 Å². The second-order valence-corrected chi connectivity index (χ2v) is 1.10. The topological polar surface area (TPSA) is 0 Å². The van der Waals surface area contributed by atoms with E-state index >= 15 is 0 Å². The van der Waals surface area contributed by atoms with Crippen molar-refractivity contribution in [2.75, 3.05) is 0 Å². The third-order valence-electron chi connectivity index (χ3n) is 0.376. The van der Waals surface area contributed by atoms with Gasteiger partial charge in [-0.1, -0.05) is 29.8 Å². The minimum Gasteiger partial charge on any atom is -0.0930 e. The van der Waals surface area contributed by atoms with Crippen LogP contribution in [-0.2, 0) is 0 Å². The molecule has 0 aromatic heterocycles. The van der Waals surface area contributed by atoms with Crippen molar-refractivity contribution < 1.29 is 0 Å². The Balaban J connectivity index is 3.07. The van der Waals surface area contributed by atoms with Crippen molar-refractivity contribution in [1.29, 1.82) is 0 Å². The summed E-state index contributed by atoms with van der Waals surface area (Å²) in [5, 5.41) is 0. The fourth-order valence-corrected chi connectivity index (χ4v) is 0.237. The lowest BCUT2D eigenvalue weighted by atomic mass is 10.5. The molecule has 0 aromatic rings. The zero-order valence-electron chi connectivity index (χ0n) is 3.69. The van der Waals surface area contributed by atoms with Crippen molar-refractivity contribution in [3.8, 4) is 0 Å². The number of halogens is 1. The maximum absolute atomic E-state index is 5.15. The lowest BCUT2D eigenvalue weighted by Crippen LogP contribution is -1.37. The lowest BCUT2D eigenvalue weighted by Gasteiger charge is -1.61. The van der Waals surface area contributed by atoms with Crippen molar-refractivity contribution in [3.63, 3.8) is 0 Å². The first-order valence-corrected chi connectivity index (χ1v) is 2.23. The summed E-state index contributed by atoms with van der Waals surface area (Å²) in [5.74, 6) is 0. The predicted molar refractivity (Wildman–Crippen MR) is 29.8 cm³/mol. The van der Waals surface area contributed by atoms with Crippen LogP contribution in [0.15, 0.2) is 23.8 Å². The summed E-state index contributed by atoms with van der Waals surface area (Å²) in [7, 11) is 0. The molecule has 0 fully saturated rings. The largest absolute Gasteiger partial charge is 0.0930 e. The van der Waals surface area contributed by atoms with Crippen LogP contribution in [0, 0.1) is 0 Å². The Bertz CT molecular complexity index is 52.3. The molecule has 0 saturated heterocycles. The van der Waals surface area contributed by atoms with Crippen LogP contribution >= 0.6 is 11.6 Å². The molecule has 0 heterocycles. The quantitative estimate of drug-likeness (QED) is 0.446. The monoisotopic (exact) mass is 102 g/mol. The molecule has 6 heavy (non-hydrogen) atoms. The van der Waals surface area contributed by atoms with Crippen LogP contribution in [0.1, 0.15) is 6.92 Å². The van der Waals surface area contributed by atoms with Crippen molar-refractivity contribution in [2.45, 2.75) is 6.92 Å². The summed E-state index contributed by atoms with van der Waals surface area (Å²) in [5.41, 5.74) is 1.47. The van der Waals surface area contributed by atoms with Gasteiger partial charge in [0.1, 0.15) is 0 Å². The molecule has 0 aliphatic heterocycles. The summed E-state index contributed by atoms with van der Waals surface area (Å²) < 4.78 is 0. The van der Waals surface area contributed by atoms with Gasteiger partial charge in [0.05, 0.1) is 0 Å². The molecule has 0 atom stereocenters. The summed E-state index contributed by atoms with van der Waals surface area (Å²) in [6.45, 7) is 1.94. The van der Waals surface area contributed by atoms with E-state index < -0.39 is 0 Å². The van der Waals surface area contributed by atoms with Gasteiger partial charge in [-0.15, -0.1) is 0 Å². The molecule has 0 bridgehead atoms. The smallest absolute Gasteiger partial charge is 0.00423 e. The van der Waals surface area contributed by atoms with Crippen molar-refractivity contribution in [2.24, 2.45) is 0 Å². The van der Waals surface area contributed by atoms with Gasteiger partial charge in [-0.25, -0.2) is 0 Å². The molecule has 0 amide bonds. The number of allylic oxidation sites excluding steroid dienone is 3. The molecule has 0 nitrogen and oxygen atoms in total. The van der Waals surface area contributed by atoms with E-state index in [1.54, 1.807) is 6.08 Å². The Kier molecular flexibility index (Phi) is 4.59. The molecule has 0 N–H and O–H groups in total. The van der Waals surface area contributed by atoms with Crippen molar-refractivity contribution >= 4 is 11.6 Å². The van der Waals surface area contributed by atoms with Crippen molar-refractivity contribution in [1.82, 2.24) is 0 Å². The van der Waals surface area contributed by atoms with Gasteiger partial charge < -0.3 is 0 Å². The zero-order valence-corrected chi connectivity index (χ0v) is 4.44. The van der Waals surface area contributed by atoms with E-state index in [0.717, 1.165) is 0 Å². The maximum atomic E-state index is 5.15. The van der Waals surface area contributed by atoms with E-state index in [-0.39, 0.29) is 0 Å². The highest BCUT2D eigenvalue weighted by Gasteiger charge is 1.50. The SMILES string of the molecule is C/C=C/C=C/Cl. The van der Waals surface area contributed by atoms with E-state index in [1.165, 1.54) is 5.54 Å². The van der Waals surface area contributed by atoms with Crippen molar-refractivity contribution in [3.05, 3.63) is 23.8 Å². The highest BCUT2D eigenvalue weighted by atomic mass is 35.5. The first kappa shape index (κ1) is 5.77. The molecule has 0 aromatic carbocycles. The highest BCUT2D eigenvalue weighted by Crippen LogP contribution is 1.77. The number of rotatable bonds is 1. The molecular weight excluding hydrogens is 95.5 g/mol. The normalized spacial score (nSPS) is 11.7. The van der Waals surface area contributed by atoms with E-state index in [2.05, 4.69) is 0 Å². The maximum Gasteiger partial charge on any atom is 0.00423 e. The molecule has 0 unspecified atom stereocenters. The van der Waals surface area contributed by atoms with Gasteiger partial charge >= 0.3 is 0 Å². The second-order valence-electron chi connectivity index (χ2n) is 0.844. The molecule has 0 aliphatic rings. The van der Waals surface area contributed by atoms with Gasteiger partial charge in [0.25, 0.3) is 0 Å². The molecular formula is C5H7Cl. The summed E-state index contributed by atoms with van der Waals surface area (Å²) in [6.07, 6.45) is 5.55. The third kappa shape index (κ3) is 3.77. The first-order chi connectivity index (χ1) is 2.91. The summed E-state index contributed by atoms with van der Waals surface area (Å²) in [4.78, 5) is 0.